The Morgan fingerprint density at radius 1 is 0.517 bits per heavy atom. The number of phosphoric ester groups is 1. The Kier molecular flexibility index (Phi) is 44.6. The molecule has 0 bridgehead atoms. The highest BCUT2D eigenvalue weighted by atomic mass is 31.2. The van der Waals surface area contributed by atoms with Gasteiger partial charge >= 0.3 is 13.8 Å². The lowest BCUT2D eigenvalue weighted by Crippen LogP contribution is -2.29. The van der Waals surface area contributed by atoms with Gasteiger partial charge in [-0.3, -0.25) is 13.8 Å². The Labute approximate surface area is 357 Å². The monoisotopic (exact) mass is 845 g/mol. The smallest absolute Gasteiger partial charge is 0.457 e. The number of ether oxygens (including phenoxy) is 2. The largest absolute Gasteiger partial charge is 0.472 e. The van der Waals surface area contributed by atoms with E-state index < -0.39 is 33.2 Å². The number of hydrogen-bond acceptors (Lipinski definition) is 8. The van der Waals surface area contributed by atoms with E-state index >= 15 is 0 Å². The van der Waals surface area contributed by atoms with E-state index in [0.717, 1.165) is 57.8 Å². The molecule has 0 fully saturated rings. The molecule has 0 aliphatic carbocycles. The first-order chi connectivity index (χ1) is 28.3. The van der Waals surface area contributed by atoms with Gasteiger partial charge in [-0.25, -0.2) is 4.57 Å². The molecule has 0 heterocycles. The van der Waals surface area contributed by atoms with Gasteiger partial charge in [-0.2, -0.15) is 0 Å². The van der Waals surface area contributed by atoms with E-state index in [-0.39, 0.29) is 25.6 Å². The van der Waals surface area contributed by atoms with Crippen LogP contribution in [0.15, 0.2) is 24.3 Å². The number of carbonyl (C=O) groups is 1. The van der Waals surface area contributed by atoms with Crippen molar-refractivity contribution in [1.29, 1.82) is 0 Å². The summed E-state index contributed by atoms with van der Waals surface area (Å²) in [6, 6.07) is 0. The summed E-state index contributed by atoms with van der Waals surface area (Å²) >= 11 is 0. The second-order valence-corrected chi connectivity index (χ2v) is 17.9. The molecule has 0 aromatic rings. The molecule has 344 valence electrons. The molecule has 0 saturated heterocycles. The fourth-order valence-electron chi connectivity index (χ4n) is 6.88. The van der Waals surface area contributed by atoms with Crippen LogP contribution in [0.1, 0.15) is 232 Å². The zero-order valence-electron chi connectivity index (χ0n) is 37.8. The van der Waals surface area contributed by atoms with Crippen LogP contribution in [0.5, 0.6) is 0 Å². The molecule has 0 spiro atoms. The second-order valence-electron chi connectivity index (χ2n) is 16.5. The van der Waals surface area contributed by atoms with Crippen LogP contribution < -0.4 is 0 Å². The van der Waals surface area contributed by atoms with Crippen molar-refractivity contribution in [2.24, 2.45) is 0 Å². The van der Waals surface area contributed by atoms with Crippen molar-refractivity contribution in [3.8, 4) is 0 Å². The third-order valence-electron chi connectivity index (χ3n) is 10.6. The van der Waals surface area contributed by atoms with Crippen LogP contribution in [-0.4, -0.2) is 66.3 Å². The zero-order valence-corrected chi connectivity index (χ0v) is 38.7. The normalized spacial score (nSPS) is 14.1. The van der Waals surface area contributed by atoms with Gasteiger partial charge in [0.2, 0.25) is 0 Å². The van der Waals surface area contributed by atoms with Gasteiger partial charge in [0.15, 0.2) is 0 Å². The number of rotatable bonds is 47. The van der Waals surface area contributed by atoms with Gasteiger partial charge in [0, 0.05) is 13.0 Å². The Balaban J connectivity index is 4.07. The number of allylic oxidation sites excluding steroid dienone is 4. The quantitative estimate of drug-likeness (QED) is 0.0237. The number of aliphatic hydroxyl groups is 2. The van der Waals surface area contributed by atoms with E-state index in [0.29, 0.717) is 6.61 Å². The van der Waals surface area contributed by atoms with Crippen molar-refractivity contribution in [3.63, 3.8) is 0 Å². The first-order valence-electron chi connectivity index (χ1n) is 24.3. The van der Waals surface area contributed by atoms with Crippen molar-refractivity contribution in [1.82, 2.24) is 0 Å². The van der Waals surface area contributed by atoms with Gasteiger partial charge in [0.25, 0.3) is 0 Å². The molecule has 9 nitrogen and oxygen atoms in total. The molecule has 0 aromatic heterocycles. The summed E-state index contributed by atoms with van der Waals surface area (Å²) in [6.45, 7) is 3.54. The SMILES string of the molecule is CCCCCCCC/C=C\CCCCCCCC(=O)OC(COCCCCCCCCCCCC/C=C\CCCCCCCCCC)COP(=O)(O)OCC(O)CO. The highest BCUT2D eigenvalue weighted by molar-refractivity contribution is 7.47. The zero-order chi connectivity index (χ0) is 42.5. The summed E-state index contributed by atoms with van der Waals surface area (Å²) in [4.78, 5) is 22.6. The fraction of sp³-hybridized carbons (Fsp3) is 0.896. The lowest BCUT2D eigenvalue weighted by atomic mass is 10.1. The molecule has 58 heavy (non-hydrogen) atoms. The predicted molar refractivity (Wildman–Crippen MR) is 242 cm³/mol. The maximum Gasteiger partial charge on any atom is 0.472 e. The molecule has 0 radical (unpaired) electrons. The molecule has 3 N–H and O–H groups in total. The number of phosphoric acid groups is 1. The third kappa shape index (κ3) is 44.5. The van der Waals surface area contributed by atoms with E-state index in [9.17, 15) is 19.4 Å². The molecule has 10 heteroatoms. The maximum atomic E-state index is 12.6. The standard InChI is InChI=1S/C48H93O9P/c1-3-5-7-9-11-13-15-17-19-20-21-22-23-24-25-27-29-31-33-35-37-39-41-54-44-47(45-56-58(52,53)55-43-46(50)42-49)57-48(51)40-38-36-34-32-30-28-26-18-16-14-12-10-8-6-4-2/h18,20-21,26,46-47,49-50H,3-17,19,22-25,27-45H2,1-2H3,(H,52,53)/b21-20-,26-18-. The van der Waals surface area contributed by atoms with Crippen LogP contribution in [0.3, 0.4) is 0 Å². The number of esters is 1. The molecule has 0 saturated carbocycles. The lowest BCUT2D eigenvalue weighted by molar-refractivity contribution is -0.154. The summed E-state index contributed by atoms with van der Waals surface area (Å²) in [5.41, 5.74) is 0. The van der Waals surface area contributed by atoms with Gasteiger partial charge in [0.05, 0.1) is 26.4 Å². The van der Waals surface area contributed by atoms with Gasteiger partial charge in [-0.1, -0.05) is 186 Å². The van der Waals surface area contributed by atoms with Crippen LogP contribution in [0.4, 0.5) is 0 Å². The van der Waals surface area contributed by atoms with Crippen molar-refractivity contribution in [2.45, 2.75) is 244 Å². The van der Waals surface area contributed by atoms with Gasteiger partial charge in [-0.15, -0.1) is 0 Å². The van der Waals surface area contributed by atoms with E-state index in [1.165, 1.54) is 154 Å². The molecule has 0 rings (SSSR count). The van der Waals surface area contributed by atoms with Crippen molar-refractivity contribution < 1.29 is 43.0 Å². The van der Waals surface area contributed by atoms with Crippen molar-refractivity contribution >= 4 is 13.8 Å². The Hall–Kier alpha value is -1.06. The van der Waals surface area contributed by atoms with Gasteiger partial charge in [0.1, 0.15) is 12.2 Å². The average molecular weight is 845 g/mol. The van der Waals surface area contributed by atoms with Gasteiger partial charge in [-0.05, 0) is 64.2 Å². The number of aliphatic hydroxyl groups excluding tert-OH is 2. The number of hydrogen-bond donors (Lipinski definition) is 3. The third-order valence-corrected chi connectivity index (χ3v) is 11.6. The number of unbranched alkanes of at least 4 members (excludes halogenated alkanes) is 29. The summed E-state index contributed by atoms with van der Waals surface area (Å²) in [7, 11) is -4.52. The average Bonchev–Trinajstić information content (AvgIpc) is 3.21. The van der Waals surface area contributed by atoms with Crippen molar-refractivity contribution in [2.75, 3.05) is 33.0 Å². The summed E-state index contributed by atoms with van der Waals surface area (Å²) in [6.07, 6.45) is 48.6. The maximum absolute atomic E-state index is 12.6. The minimum Gasteiger partial charge on any atom is -0.457 e. The van der Waals surface area contributed by atoms with Crippen LogP contribution in [0, 0.1) is 0 Å². The molecule has 0 aliphatic rings. The molecule has 0 aromatic carbocycles. The summed E-state index contributed by atoms with van der Waals surface area (Å²) < 4.78 is 33.5. The Bertz CT molecular complexity index is 959. The van der Waals surface area contributed by atoms with E-state index in [1.54, 1.807) is 0 Å². The minimum atomic E-state index is -4.52. The molecular formula is C48H93O9P. The number of carbonyl (C=O) groups excluding carboxylic acids is 1. The van der Waals surface area contributed by atoms with Crippen molar-refractivity contribution in [3.05, 3.63) is 24.3 Å². The van der Waals surface area contributed by atoms with Crippen LogP contribution >= 0.6 is 7.82 Å². The van der Waals surface area contributed by atoms with Gasteiger partial charge < -0.3 is 24.6 Å². The summed E-state index contributed by atoms with van der Waals surface area (Å²) in [5.74, 6) is -0.389. The van der Waals surface area contributed by atoms with E-state index in [4.69, 9.17) is 23.6 Å². The molecule has 0 aliphatic heterocycles. The van der Waals surface area contributed by atoms with E-state index in [2.05, 4.69) is 38.2 Å². The Morgan fingerprint density at radius 3 is 1.29 bits per heavy atom. The highest BCUT2D eigenvalue weighted by Crippen LogP contribution is 2.43. The first kappa shape index (κ1) is 56.9. The Morgan fingerprint density at radius 2 is 0.879 bits per heavy atom. The molecular weight excluding hydrogens is 751 g/mol. The molecule has 0 amide bonds. The van der Waals surface area contributed by atoms with Crippen LogP contribution in [0.25, 0.3) is 0 Å². The fourth-order valence-corrected chi connectivity index (χ4v) is 7.67. The van der Waals surface area contributed by atoms with Crippen LogP contribution in [0.2, 0.25) is 0 Å². The first-order valence-corrected chi connectivity index (χ1v) is 25.8. The minimum absolute atomic E-state index is 0.0480. The predicted octanol–water partition coefficient (Wildman–Crippen LogP) is 13.8. The second kappa shape index (κ2) is 45.5. The lowest BCUT2D eigenvalue weighted by Gasteiger charge is -2.20. The highest BCUT2D eigenvalue weighted by Gasteiger charge is 2.26. The summed E-state index contributed by atoms with van der Waals surface area (Å²) in [5, 5.41) is 18.4. The molecule has 3 atom stereocenters. The molecule has 3 unspecified atom stereocenters. The van der Waals surface area contributed by atoms with Crippen LogP contribution in [-0.2, 0) is 27.9 Å². The topological polar surface area (TPSA) is 132 Å². The van der Waals surface area contributed by atoms with E-state index in [1.807, 2.05) is 0 Å².